The van der Waals surface area contributed by atoms with Gasteiger partial charge in [0.25, 0.3) is 0 Å². The standard InChI is InChI=1S/C15H21N3S3/c1-5-16-13-11-8(2)9(3)21-15(11)18-14(17-13)12-10(4)19-6-7-20-12/h10,12H,5-7H2,1-4H3,(H,16,17,18). The minimum Gasteiger partial charge on any atom is -0.370 e. The molecule has 2 aromatic heterocycles. The Hall–Kier alpha value is -0.460. The summed E-state index contributed by atoms with van der Waals surface area (Å²) in [6.45, 7) is 9.65. The smallest absolute Gasteiger partial charge is 0.146 e. The normalized spacial score (nSPS) is 22.7. The average Bonchev–Trinajstić information content (AvgIpc) is 2.75. The van der Waals surface area contributed by atoms with Crippen molar-refractivity contribution >= 4 is 50.9 Å². The molecule has 0 radical (unpaired) electrons. The quantitative estimate of drug-likeness (QED) is 0.881. The second-order valence-electron chi connectivity index (χ2n) is 5.29. The summed E-state index contributed by atoms with van der Waals surface area (Å²) in [7, 11) is 0. The average molecular weight is 340 g/mol. The molecule has 3 nitrogen and oxygen atoms in total. The van der Waals surface area contributed by atoms with Crippen molar-refractivity contribution in [2.75, 3.05) is 23.4 Å². The van der Waals surface area contributed by atoms with Gasteiger partial charge in [-0.3, -0.25) is 0 Å². The molecule has 1 aliphatic heterocycles. The van der Waals surface area contributed by atoms with Crippen LogP contribution in [0.2, 0.25) is 0 Å². The van der Waals surface area contributed by atoms with E-state index in [2.05, 4.69) is 33.0 Å². The molecule has 1 saturated heterocycles. The molecule has 2 aromatic rings. The maximum atomic E-state index is 4.91. The van der Waals surface area contributed by atoms with Crippen LogP contribution in [0.25, 0.3) is 10.2 Å². The first-order chi connectivity index (χ1) is 10.1. The van der Waals surface area contributed by atoms with Crippen molar-refractivity contribution in [2.24, 2.45) is 0 Å². The van der Waals surface area contributed by atoms with Crippen LogP contribution in [0.1, 0.15) is 35.4 Å². The van der Waals surface area contributed by atoms with Crippen LogP contribution in [-0.2, 0) is 0 Å². The van der Waals surface area contributed by atoms with Gasteiger partial charge < -0.3 is 5.32 Å². The Morgan fingerprint density at radius 2 is 1.95 bits per heavy atom. The molecule has 0 saturated carbocycles. The van der Waals surface area contributed by atoms with Crippen molar-refractivity contribution in [3.05, 3.63) is 16.3 Å². The molecule has 0 aromatic carbocycles. The van der Waals surface area contributed by atoms with Crippen molar-refractivity contribution in [3.63, 3.8) is 0 Å². The number of aromatic nitrogens is 2. The van der Waals surface area contributed by atoms with Crippen LogP contribution in [-0.4, -0.2) is 33.3 Å². The van der Waals surface area contributed by atoms with Crippen molar-refractivity contribution in [3.8, 4) is 0 Å². The van der Waals surface area contributed by atoms with Crippen LogP contribution >= 0.6 is 34.9 Å². The van der Waals surface area contributed by atoms with Gasteiger partial charge in [-0.05, 0) is 26.3 Å². The van der Waals surface area contributed by atoms with Gasteiger partial charge in [0, 0.05) is 28.2 Å². The number of rotatable bonds is 3. The Bertz CT molecular complexity index is 653. The highest BCUT2D eigenvalue weighted by molar-refractivity contribution is 8.06. The highest BCUT2D eigenvalue weighted by Crippen LogP contribution is 2.43. The van der Waals surface area contributed by atoms with E-state index in [1.54, 1.807) is 11.3 Å². The van der Waals surface area contributed by atoms with E-state index >= 15 is 0 Å². The first-order valence-electron chi connectivity index (χ1n) is 7.36. The molecule has 0 aliphatic carbocycles. The highest BCUT2D eigenvalue weighted by Gasteiger charge is 2.28. The fourth-order valence-corrected chi connectivity index (χ4v) is 6.33. The monoisotopic (exact) mass is 339 g/mol. The molecular weight excluding hydrogens is 318 g/mol. The number of nitrogens with zero attached hydrogens (tertiary/aromatic N) is 2. The van der Waals surface area contributed by atoms with Crippen molar-refractivity contribution in [1.29, 1.82) is 0 Å². The van der Waals surface area contributed by atoms with Gasteiger partial charge >= 0.3 is 0 Å². The fourth-order valence-electron chi connectivity index (χ4n) is 2.61. The van der Waals surface area contributed by atoms with Crippen LogP contribution in [0.3, 0.4) is 0 Å². The molecule has 0 spiro atoms. The predicted molar refractivity (Wildman–Crippen MR) is 98.2 cm³/mol. The molecule has 1 fully saturated rings. The second kappa shape index (κ2) is 6.34. The highest BCUT2D eigenvalue weighted by atomic mass is 32.2. The Morgan fingerprint density at radius 1 is 1.19 bits per heavy atom. The van der Waals surface area contributed by atoms with Gasteiger partial charge in [0.1, 0.15) is 16.5 Å². The van der Waals surface area contributed by atoms with E-state index in [1.165, 1.54) is 27.3 Å². The second-order valence-corrected chi connectivity index (χ2v) is 9.23. The fraction of sp³-hybridized carbons (Fsp3) is 0.600. The maximum absolute atomic E-state index is 4.91. The summed E-state index contributed by atoms with van der Waals surface area (Å²) in [5.41, 5.74) is 1.32. The Kier molecular flexibility index (Phi) is 4.66. The van der Waals surface area contributed by atoms with Gasteiger partial charge in [-0.25, -0.2) is 9.97 Å². The van der Waals surface area contributed by atoms with Crippen molar-refractivity contribution < 1.29 is 0 Å². The molecular formula is C15H21N3S3. The molecule has 2 unspecified atom stereocenters. The van der Waals surface area contributed by atoms with Crippen LogP contribution in [0, 0.1) is 13.8 Å². The van der Waals surface area contributed by atoms with Gasteiger partial charge in [-0.1, -0.05) is 6.92 Å². The largest absolute Gasteiger partial charge is 0.370 e. The van der Waals surface area contributed by atoms with E-state index in [0.29, 0.717) is 10.5 Å². The number of hydrogen-bond acceptors (Lipinski definition) is 6. The van der Waals surface area contributed by atoms with Crippen LogP contribution in [0.15, 0.2) is 0 Å². The lowest BCUT2D eigenvalue weighted by molar-refractivity contribution is 0.834. The van der Waals surface area contributed by atoms with Crippen LogP contribution in [0.4, 0.5) is 5.82 Å². The summed E-state index contributed by atoms with van der Waals surface area (Å²) in [5.74, 6) is 4.45. The van der Waals surface area contributed by atoms with E-state index < -0.39 is 0 Å². The van der Waals surface area contributed by atoms with Gasteiger partial charge in [0.05, 0.1) is 10.6 Å². The number of aryl methyl sites for hydroxylation is 2. The number of thioether (sulfide) groups is 2. The molecule has 2 atom stereocenters. The third kappa shape index (κ3) is 2.90. The van der Waals surface area contributed by atoms with E-state index in [1.807, 2.05) is 23.5 Å². The van der Waals surface area contributed by atoms with E-state index in [9.17, 15) is 0 Å². The van der Waals surface area contributed by atoms with Gasteiger partial charge in [-0.2, -0.15) is 11.8 Å². The third-order valence-electron chi connectivity index (χ3n) is 3.83. The lowest BCUT2D eigenvalue weighted by Gasteiger charge is -2.26. The number of hydrogen-bond donors (Lipinski definition) is 1. The van der Waals surface area contributed by atoms with Crippen molar-refractivity contribution in [2.45, 2.75) is 38.2 Å². The summed E-state index contributed by atoms with van der Waals surface area (Å²) in [6, 6.07) is 0. The zero-order chi connectivity index (χ0) is 15.0. The lowest BCUT2D eigenvalue weighted by atomic mass is 10.2. The number of thiophene rings is 1. The predicted octanol–water partition coefficient (Wildman–Crippen LogP) is 4.65. The zero-order valence-electron chi connectivity index (χ0n) is 12.9. The molecule has 6 heteroatoms. The van der Waals surface area contributed by atoms with E-state index in [4.69, 9.17) is 9.97 Å². The third-order valence-corrected chi connectivity index (χ3v) is 8.02. The summed E-state index contributed by atoms with van der Waals surface area (Å²) >= 11 is 5.83. The Labute approximate surface area is 138 Å². The Balaban J connectivity index is 2.11. The minimum absolute atomic E-state index is 0.410. The Morgan fingerprint density at radius 3 is 2.67 bits per heavy atom. The van der Waals surface area contributed by atoms with Crippen LogP contribution in [0.5, 0.6) is 0 Å². The summed E-state index contributed by atoms with van der Waals surface area (Å²) in [4.78, 5) is 12.3. The van der Waals surface area contributed by atoms with E-state index in [0.717, 1.165) is 23.0 Å². The summed E-state index contributed by atoms with van der Waals surface area (Å²) in [5, 5.41) is 5.64. The van der Waals surface area contributed by atoms with E-state index in [-0.39, 0.29) is 0 Å². The number of anilines is 1. The lowest BCUT2D eigenvalue weighted by Crippen LogP contribution is -2.18. The van der Waals surface area contributed by atoms with Gasteiger partial charge in [0.15, 0.2) is 0 Å². The van der Waals surface area contributed by atoms with Gasteiger partial charge in [0.2, 0.25) is 0 Å². The van der Waals surface area contributed by atoms with Gasteiger partial charge in [-0.15, -0.1) is 23.1 Å². The first kappa shape index (κ1) is 15.4. The zero-order valence-corrected chi connectivity index (χ0v) is 15.3. The molecule has 1 N–H and O–H groups in total. The number of nitrogens with one attached hydrogen (secondary N) is 1. The first-order valence-corrected chi connectivity index (χ1v) is 10.3. The number of fused-ring (bicyclic) bond motifs is 1. The topological polar surface area (TPSA) is 37.8 Å². The van der Waals surface area contributed by atoms with Crippen LogP contribution < -0.4 is 5.32 Å². The molecule has 0 amide bonds. The SMILES string of the molecule is CCNc1nc(C2SCCSC2C)nc2sc(C)c(C)c12. The maximum Gasteiger partial charge on any atom is 0.146 e. The molecule has 0 bridgehead atoms. The van der Waals surface area contributed by atoms with Crippen molar-refractivity contribution in [1.82, 2.24) is 9.97 Å². The molecule has 114 valence electrons. The molecule has 3 heterocycles. The molecule has 21 heavy (non-hydrogen) atoms. The summed E-state index contributed by atoms with van der Waals surface area (Å²) < 4.78 is 0. The molecule has 3 rings (SSSR count). The summed E-state index contributed by atoms with van der Waals surface area (Å²) in [6.07, 6.45) is 0. The minimum atomic E-state index is 0.410. The molecule has 1 aliphatic rings.